The number of aromatic nitrogens is 5. The lowest BCUT2D eigenvalue weighted by atomic mass is 10.1. The summed E-state index contributed by atoms with van der Waals surface area (Å²) in [6, 6.07) is 7.37. The van der Waals surface area contributed by atoms with Crippen molar-refractivity contribution in [2.24, 2.45) is 0 Å². The third-order valence-electron chi connectivity index (χ3n) is 3.68. The summed E-state index contributed by atoms with van der Waals surface area (Å²) in [6.07, 6.45) is 1.61. The summed E-state index contributed by atoms with van der Waals surface area (Å²) < 4.78 is 1.77. The molecular formula is C17H20N6O. The highest BCUT2D eigenvalue weighted by atomic mass is 16.1. The van der Waals surface area contributed by atoms with Crippen LogP contribution in [0.15, 0.2) is 30.5 Å². The van der Waals surface area contributed by atoms with Crippen LogP contribution < -0.4 is 5.32 Å². The highest BCUT2D eigenvalue weighted by Crippen LogP contribution is 2.15. The Labute approximate surface area is 140 Å². The van der Waals surface area contributed by atoms with E-state index in [1.54, 1.807) is 23.0 Å². The third-order valence-corrected chi connectivity index (χ3v) is 3.68. The molecule has 2 N–H and O–H groups in total. The first-order valence-corrected chi connectivity index (χ1v) is 7.80. The van der Waals surface area contributed by atoms with Crippen molar-refractivity contribution in [1.29, 1.82) is 0 Å². The average Bonchev–Trinajstić information content (AvgIpc) is 3.15. The highest BCUT2D eigenvalue weighted by molar-refractivity contribution is 6.02. The predicted octanol–water partition coefficient (Wildman–Crippen LogP) is 2.98. The van der Waals surface area contributed by atoms with Crippen molar-refractivity contribution in [3.63, 3.8) is 0 Å². The maximum absolute atomic E-state index is 12.2. The Morgan fingerprint density at radius 2 is 2.04 bits per heavy atom. The van der Waals surface area contributed by atoms with E-state index in [0.29, 0.717) is 23.1 Å². The summed E-state index contributed by atoms with van der Waals surface area (Å²) in [6.45, 7) is 7.99. The molecule has 0 fully saturated rings. The number of nitrogens with zero attached hydrogens (tertiary/aromatic N) is 4. The molecule has 0 aromatic carbocycles. The molecule has 0 atom stereocenters. The van der Waals surface area contributed by atoms with Gasteiger partial charge in [-0.15, -0.1) is 0 Å². The van der Waals surface area contributed by atoms with Gasteiger partial charge in [-0.1, -0.05) is 13.8 Å². The van der Waals surface area contributed by atoms with Gasteiger partial charge in [0.1, 0.15) is 0 Å². The molecule has 7 nitrogen and oxygen atoms in total. The van der Waals surface area contributed by atoms with Crippen LogP contribution in [0.3, 0.4) is 0 Å². The number of anilines is 1. The van der Waals surface area contributed by atoms with Crippen molar-refractivity contribution in [3.8, 4) is 5.82 Å². The van der Waals surface area contributed by atoms with Crippen LogP contribution in [0.5, 0.6) is 0 Å². The molecule has 3 aromatic rings. The maximum atomic E-state index is 12.2. The fourth-order valence-electron chi connectivity index (χ4n) is 2.39. The van der Waals surface area contributed by atoms with Gasteiger partial charge in [0.15, 0.2) is 11.5 Å². The summed E-state index contributed by atoms with van der Waals surface area (Å²) in [5, 5.41) is 14.1. The van der Waals surface area contributed by atoms with Crippen LogP contribution in [-0.4, -0.2) is 30.9 Å². The fraction of sp³-hybridized carbons (Fsp3) is 0.294. The second kappa shape index (κ2) is 6.27. The van der Waals surface area contributed by atoms with Gasteiger partial charge in [0.2, 0.25) is 0 Å². The number of aromatic amines is 1. The molecule has 1 amide bonds. The number of hydrogen-bond donors (Lipinski definition) is 2. The monoisotopic (exact) mass is 324 g/mol. The summed E-state index contributed by atoms with van der Waals surface area (Å²) in [4.78, 5) is 16.6. The molecule has 3 heterocycles. The van der Waals surface area contributed by atoms with E-state index >= 15 is 0 Å². The van der Waals surface area contributed by atoms with Gasteiger partial charge in [-0.05, 0) is 44.0 Å². The zero-order valence-electron chi connectivity index (χ0n) is 14.2. The normalized spacial score (nSPS) is 11.0. The largest absolute Gasteiger partial charge is 0.319 e. The lowest BCUT2D eigenvalue weighted by molar-refractivity contribution is 0.102. The van der Waals surface area contributed by atoms with Crippen LogP contribution in [0.1, 0.15) is 47.3 Å². The number of aryl methyl sites for hydroxylation is 2. The number of carbonyl (C=O) groups is 1. The first kappa shape index (κ1) is 15.9. The van der Waals surface area contributed by atoms with Crippen LogP contribution in [0.2, 0.25) is 0 Å². The minimum Gasteiger partial charge on any atom is -0.319 e. The minimum absolute atomic E-state index is 0.265. The average molecular weight is 324 g/mol. The Morgan fingerprint density at radius 3 is 2.58 bits per heavy atom. The second-order valence-corrected chi connectivity index (χ2v) is 6.06. The molecule has 3 aromatic heterocycles. The molecular weight excluding hydrogens is 304 g/mol. The van der Waals surface area contributed by atoms with E-state index in [2.05, 4.69) is 25.6 Å². The topological polar surface area (TPSA) is 88.5 Å². The second-order valence-electron chi connectivity index (χ2n) is 6.06. The number of pyridine rings is 1. The number of rotatable bonds is 4. The number of H-pyrrole nitrogens is 1. The summed E-state index contributed by atoms with van der Waals surface area (Å²) in [5.41, 5.74) is 3.85. The van der Waals surface area contributed by atoms with Gasteiger partial charge in [-0.2, -0.15) is 10.2 Å². The molecule has 0 radical (unpaired) electrons. The Balaban J connectivity index is 1.74. The number of amides is 1. The van der Waals surface area contributed by atoms with E-state index in [0.717, 1.165) is 17.1 Å². The van der Waals surface area contributed by atoms with Crippen molar-refractivity contribution in [1.82, 2.24) is 25.0 Å². The highest BCUT2D eigenvalue weighted by Gasteiger charge is 2.13. The molecule has 24 heavy (non-hydrogen) atoms. The molecule has 0 spiro atoms. The minimum atomic E-state index is -0.265. The van der Waals surface area contributed by atoms with Gasteiger partial charge < -0.3 is 5.32 Å². The first-order valence-electron chi connectivity index (χ1n) is 7.80. The van der Waals surface area contributed by atoms with Crippen LogP contribution in [0.25, 0.3) is 5.82 Å². The molecule has 0 bridgehead atoms. The van der Waals surface area contributed by atoms with E-state index in [1.807, 2.05) is 39.8 Å². The smallest absolute Gasteiger partial charge is 0.276 e. The molecule has 0 saturated heterocycles. The van der Waals surface area contributed by atoms with Crippen molar-refractivity contribution in [2.45, 2.75) is 33.6 Å². The number of carbonyl (C=O) groups excluding carboxylic acids is 1. The van der Waals surface area contributed by atoms with E-state index in [9.17, 15) is 4.79 Å². The van der Waals surface area contributed by atoms with E-state index < -0.39 is 0 Å². The summed E-state index contributed by atoms with van der Waals surface area (Å²) >= 11 is 0. The van der Waals surface area contributed by atoms with Gasteiger partial charge >= 0.3 is 0 Å². The fourth-order valence-corrected chi connectivity index (χ4v) is 2.39. The van der Waals surface area contributed by atoms with Gasteiger partial charge in [0.25, 0.3) is 5.91 Å². The van der Waals surface area contributed by atoms with E-state index in [1.165, 1.54) is 0 Å². The molecule has 0 unspecified atom stereocenters. The van der Waals surface area contributed by atoms with Crippen molar-refractivity contribution < 1.29 is 4.79 Å². The summed E-state index contributed by atoms with van der Waals surface area (Å²) in [5.74, 6) is 0.736. The van der Waals surface area contributed by atoms with Crippen LogP contribution >= 0.6 is 0 Å². The van der Waals surface area contributed by atoms with Crippen molar-refractivity contribution in [2.75, 3.05) is 5.32 Å². The van der Waals surface area contributed by atoms with Crippen LogP contribution in [0.4, 0.5) is 5.69 Å². The van der Waals surface area contributed by atoms with Crippen LogP contribution in [-0.2, 0) is 0 Å². The number of hydrogen-bond acceptors (Lipinski definition) is 4. The molecule has 124 valence electrons. The molecule has 3 rings (SSSR count). The van der Waals surface area contributed by atoms with Crippen molar-refractivity contribution >= 4 is 11.6 Å². The Kier molecular flexibility index (Phi) is 4.16. The molecule has 0 saturated carbocycles. The molecule has 0 aliphatic heterocycles. The van der Waals surface area contributed by atoms with Gasteiger partial charge in [0, 0.05) is 11.4 Å². The zero-order chi connectivity index (χ0) is 17.3. The Morgan fingerprint density at radius 1 is 1.25 bits per heavy atom. The molecule has 7 heteroatoms. The SMILES string of the molecule is Cc1cc(C)n(-c2ccc(NC(=O)c3cc(C(C)C)[nH]n3)cn2)n1. The van der Waals surface area contributed by atoms with E-state index in [-0.39, 0.29) is 5.91 Å². The molecule has 0 aliphatic carbocycles. The predicted molar refractivity (Wildman–Crippen MR) is 91.5 cm³/mol. The van der Waals surface area contributed by atoms with Crippen molar-refractivity contribution in [3.05, 3.63) is 53.2 Å². The lowest BCUT2D eigenvalue weighted by Crippen LogP contribution is -2.13. The maximum Gasteiger partial charge on any atom is 0.276 e. The van der Waals surface area contributed by atoms with Gasteiger partial charge in [0.05, 0.1) is 17.6 Å². The van der Waals surface area contributed by atoms with E-state index in [4.69, 9.17) is 0 Å². The number of nitrogens with one attached hydrogen (secondary N) is 2. The Hall–Kier alpha value is -2.96. The van der Waals surface area contributed by atoms with Gasteiger partial charge in [-0.25, -0.2) is 9.67 Å². The van der Waals surface area contributed by atoms with Crippen LogP contribution in [0, 0.1) is 13.8 Å². The molecule has 0 aliphatic rings. The summed E-state index contributed by atoms with van der Waals surface area (Å²) in [7, 11) is 0. The van der Waals surface area contributed by atoms with Gasteiger partial charge in [-0.3, -0.25) is 9.89 Å². The quantitative estimate of drug-likeness (QED) is 0.772. The first-order chi connectivity index (χ1) is 11.4. The zero-order valence-corrected chi connectivity index (χ0v) is 14.2. The lowest BCUT2D eigenvalue weighted by Gasteiger charge is -2.06. The Bertz CT molecular complexity index is 860. The third kappa shape index (κ3) is 3.19. The standard InChI is InChI=1S/C17H20N6O/c1-10(2)14-8-15(21-20-14)17(24)19-13-5-6-16(18-9-13)23-12(4)7-11(3)22-23/h5-10H,1-4H3,(H,19,24)(H,20,21).